The van der Waals surface area contributed by atoms with E-state index in [1.807, 2.05) is 56.3 Å². The summed E-state index contributed by atoms with van der Waals surface area (Å²) >= 11 is 0. The molecule has 0 fully saturated rings. The summed E-state index contributed by atoms with van der Waals surface area (Å²) in [5.41, 5.74) is 1.85. The molecule has 5 nitrogen and oxygen atoms in total. The van der Waals surface area contributed by atoms with Gasteiger partial charge in [-0.1, -0.05) is 30.3 Å². The van der Waals surface area contributed by atoms with Gasteiger partial charge in [0.2, 0.25) is 0 Å². The van der Waals surface area contributed by atoms with Gasteiger partial charge in [-0.05, 0) is 26.0 Å². The van der Waals surface area contributed by atoms with Gasteiger partial charge in [-0.15, -0.1) is 0 Å². The predicted molar refractivity (Wildman–Crippen MR) is 101 cm³/mol. The minimum Gasteiger partial charge on any atom is -0.490 e. The molecule has 0 bridgehead atoms. The van der Waals surface area contributed by atoms with Crippen LogP contribution in [0.25, 0.3) is 22.0 Å². The number of ether oxygens (including phenoxy) is 3. The van der Waals surface area contributed by atoms with Gasteiger partial charge in [-0.25, -0.2) is 4.79 Å². The molecule has 26 heavy (non-hydrogen) atoms. The highest BCUT2D eigenvalue weighted by Crippen LogP contribution is 2.37. The number of rotatable bonds is 6. The molecule has 0 radical (unpaired) electrons. The lowest BCUT2D eigenvalue weighted by molar-refractivity contribution is 0.0603. The standard InChI is InChI=1S/C21H21NO4/c1-4-25-17-11-15-13-22-20(14-9-7-6-8-10-14)19(21(23)24-3)16(15)12-18(17)26-5-2/h6-13H,4-5H2,1-3H3. The summed E-state index contributed by atoms with van der Waals surface area (Å²) in [4.78, 5) is 17.1. The van der Waals surface area contributed by atoms with E-state index in [1.54, 1.807) is 6.20 Å². The van der Waals surface area contributed by atoms with Gasteiger partial charge in [0.25, 0.3) is 0 Å². The summed E-state index contributed by atoms with van der Waals surface area (Å²) in [6.45, 7) is 4.83. The summed E-state index contributed by atoms with van der Waals surface area (Å²) in [6, 6.07) is 13.2. The summed E-state index contributed by atoms with van der Waals surface area (Å²) in [6.07, 6.45) is 1.74. The maximum atomic E-state index is 12.6. The lowest BCUT2D eigenvalue weighted by Gasteiger charge is -2.15. The van der Waals surface area contributed by atoms with Crippen LogP contribution in [0.2, 0.25) is 0 Å². The molecule has 0 spiro atoms. The first kappa shape index (κ1) is 17.7. The molecular formula is C21H21NO4. The molecule has 0 aliphatic carbocycles. The lowest BCUT2D eigenvalue weighted by atomic mass is 9.99. The number of esters is 1. The van der Waals surface area contributed by atoms with Crippen molar-refractivity contribution in [3.05, 3.63) is 54.2 Å². The number of hydrogen-bond acceptors (Lipinski definition) is 5. The van der Waals surface area contributed by atoms with E-state index in [9.17, 15) is 4.79 Å². The van der Waals surface area contributed by atoms with Crippen molar-refractivity contribution in [2.75, 3.05) is 20.3 Å². The van der Waals surface area contributed by atoms with E-state index >= 15 is 0 Å². The van der Waals surface area contributed by atoms with Gasteiger partial charge in [0.15, 0.2) is 11.5 Å². The molecule has 0 N–H and O–H groups in total. The van der Waals surface area contributed by atoms with Crippen molar-refractivity contribution in [2.24, 2.45) is 0 Å². The Kier molecular flexibility index (Phi) is 5.37. The maximum absolute atomic E-state index is 12.6. The summed E-state index contributed by atoms with van der Waals surface area (Å²) in [5, 5.41) is 1.51. The quantitative estimate of drug-likeness (QED) is 0.613. The number of benzene rings is 2. The Morgan fingerprint density at radius 1 is 1.00 bits per heavy atom. The third-order valence-electron chi connectivity index (χ3n) is 3.99. The highest BCUT2D eigenvalue weighted by Gasteiger charge is 2.21. The van der Waals surface area contributed by atoms with Gasteiger partial charge in [0.1, 0.15) is 0 Å². The minimum atomic E-state index is -0.437. The van der Waals surface area contributed by atoms with Crippen molar-refractivity contribution in [1.82, 2.24) is 4.98 Å². The molecular weight excluding hydrogens is 330 g/mol. The summed E-state index contributed by atoms with van der Waals surface area (Å²) < 4.78 is 16.4. The maximum Gasteiger partial charge on any atom is 0.340 e. The molecule has 2 aromatic carbocycles. The molecule has 134 valence electrons. The van der Waals surface area contributed by atoms with E-state index in [1.165, 1.54) is 7.11 Å². The largest absolute Gasteiger partial charge is 0.490 e. The average molecular weight is 351 g/mol. The molecule has 0 amide bonds. The fourth-order valence-electron chi connectivity index (χ4n) is 2.89. The molecule has 0 saturated carbocycles. The SMILES string of the molecule is CCOc1cc2cnc(-c3ccccc3)c(C(=O)OC)c2cc1OCC. The van der Waals surface area contributed by atoms with Crippen molar-refractivity contribution >= 4 is 16.7 Å². The van der Waals surface area contributed by atoms with Crippen molar-refractivity contribution in [2.45, 2.75) is 13.8 Å². The van der Waals surface area contributed by atoms with Crippen LogP contribution in [0, 0.1) is 0 Å². The molecule has 0 atom stereocenters. The van der Waals surface area contributed by atoms with Crippen molar-refractivity contribution in [3.63, 3.8) is 0 Å². The number of nitrogens with zero attached hydrogens (tertiary/aromatic N) is 1. The zero-order valence-corrected chi connectivity index (χ0v) is 15.1. The molecule has 0 aliphatic heterocycles. The van der Waals surface area contributed by atoms with Gasteiger partial charge in [0, 0.05) is 22.5 Å². The fourth-order valence-corrected chi connectivity index (χ4v) is 2.89. The molecule has 1 heterocycles. The minimum absolute atomic E-state index is 0.417. The second-order valence-electron chi connectivity index (χ2n) is 5.59. The van der Waals surface area contributed by atoms with E-state index in [0.717, 1.165) is 16.3 Å². The first-order chi connectivity index (χ1) is 12.7. The van der Waals surface area contributed by atoms with Crippen LogP contribution < -0.4 is 9.47 Å². The third-order valence-corrected chi connectivity index (χ3v) is 3.99. The van der Waals surface area contributed by atoms with Crippen LogP contribution in [0.3, 0.4) is 0 Å². The van der Waals surface area contributed by atoms with Crippen LogP contribution in [0.4, 0.5) is 0 Å². The van der Waals surface area contributed by atoms with Crippen LogP contribution in [0.15, 0.2) is 48.7 Å². The second-order valence-corrected chi connectivity index (χ2v) is 5.59. The number of hydrogen-bond donors (Lipinski definition) is 0. The predicted octanol–water partition coefficient (Wildman–Crippen LogP) is 4.49. The Balaban J connectivity index is 2.31. The Morgan fingerprint density at radius 3 is 2.27 bits per heavy atom. The van der Waals surface area contributed by atoms with E-state index in [-0.39, 0.29) is 0 Å². The van der Waals surface area contributed by atoms with Crippen LogP contribution in [0.5, 0.6) is 11.5 Å². The molecule has 5 heteroatoms. The van der Waals surface area contributed by atoms with Gasteiger partial charge in [0.05, 0.1) is 31.6 Å². The van der Waals surface area contributed by atoms with Crippen LogP contribution in [-0.4, -0.2) is 31.3 Å². The highest BCUT2D eigenvalue weighted by molar-refractivity contribution is 6.09. The van der Waals surface area contributed by atoms with Crippen molar-refractivity contribution in [3.8, 4) is 22.8 Å². The van der Waals surface area contributed by atoms with Gasteiger partial charge < -0.3 is 14.2 Å². The Hall–Kier alpha value is -3.08. The van der Waals surface area contributed by atoms with Crippen molar-refractivity contribution in [1.29, 1.82) is 0 Å². The Bertz CT molecular complexity index is 922. The molecule has 3 rings (SSSR count). The van der Waals surface area contributed by atoms with E-state index in [0.29, 0.717) is 36.0 Å². The first-order valence-corrected chi connectivity index (χ1v) is 8.55. The topological polar surface area (TPSA) is 57.7 Å². The lowest BCUT2D eigenvalue weighted by Crippen LogP contribution is -2.07. The number of pyridine rings is 1. The molecule has 0 unspecified atom stereocenters. The van der Waals surface area contributed by atoms with Gasteiger partial charge in [-0.3, -0.25) is 4.98 Å². The van der Waals surface area contributed by atoms with Crippen LogP contribution in [-0.2, 0) is 4.74 Å². The van der Waals surface area contributed by atoms with Crippen molar-refractivity contribution < 1.29 is 19.0 Å². The van der Waals surface area contributed by atoms with E-state index in [4.69, 9.17) is 14.2 Å². The normalized spacial score (nSPS) is 10.6. The van der Waals surface area contributed by atoms with E-state index in [2.05, 4.69) is 4.98 Å². The molecule has 0 aliphatic rings. The zero-order chi connectivity index (χ0) is 18.5. The number of carbonyl (C=O) groups excluding carboxylic acids is 1. The molecule has 3 aromatic rings. The number of methoxy groups -OCH3 is 1. The second kappa shape index (κ2) is 7.87. The Morgan fingerprint density at radius 2 is 1.65 bits per heavy atom. The number of aromatic nitrogens is 1. The number of fused-ring (bicyclic) bond motifs is 1. The summed E-state index contributed by atoms with van der Waals surface area (Å²) in [5.74, 6) is 0.790. The molecule has 1 aromatic heterocycles. The van der Waals surface area contributed by atoms with Crippen LogP contribution >= 0.6 is 0 Å². The first-order valence-electron chi connectivity index (χ1n) is 8.55. The van der Waals surface area contributed by atoms with Gasteiger partial charge in [-0.2, -0.15) is 0 Å². The Labute approximate surface area is 152 Å². The molecule has 0 saturated heterocycles. The van der Waals surface area contributed by atoms with E-state index < -0.39 is 5.97 Å². The summed E-state index contributed by atoms with van der Waals surface area (Å²) in [7, 11) is 1.37. The number of carbonyl (C=O) groups is 1. The van der Waals surface area contributed by atoms with Crippen LogP contribution in [0.1, 0.15) is 24.2 Å². The smallest absolute Gasteiger partial charge is 0.340 e. The third kappa shape index (κ3) is 3.33. The fraction of sp³-hybridized carbons (Fsp3) is 0.238. The van der Waals surface area contributed by atoms with Gasteiger partial charge >= 0.3 is 5.97 Å². The zero-order valence-electron chi connectivity index (χ0n) is 15.1. The average Bonchev–Trinajstić information content (AvgIpc) is 2.68. The monoisotopic (exact) mass is 351 g/mol. The highest BCUT2D eigenvalue weighted by atomic mass is 16.5.